The summed E-state index contributed by atoms with van der Waals surface area (Å²) < 4.78 is 7.24. The Bertz CT molecular complexity index is 869. The van der Waals surface area contributed by atoms with Gasteiger partial charge in [-0.2, -0.15) is 0 Å². The highest BCUT2D eigenvalue weighted by Crippen LogP contribution is 2.36. The number of ketones is 1. The summed E-state index contributed by atoms with van der Waals surface area (Å²) in [4.78, 5) is 51.3. The molecule has 0 aromatic carbocycles. The highest BCUT2D eigenvalue weighted by atomic mass is 16.5. The number of carbonyl (C=O) groups is 4. The largest absolute Gasteiger partial charge is 0.456 e. The minimum atomic E-state index is -1.04. The molecule has 29 heavy (non-hydrogen) atoms. The molecule has 0 saturated carbocycles. The van der Waals surface area contributed by atoms with Crippen LogP contribution >= 0.6 is 0 Å². The van der Waals surface area contributed by atoms with Crippen LogP contribution in [0, 0.1) is 25.7 Å². The average molecular weight is 400 g/mol. The monoisotopic (exact) mass is 400 g/mol. The molecule has 2 heterocycles. The Morgan fingerprint density at radius 2 is 1.62 bits per heavy atom. The second-order valence-electron chi connectivity index (χ2n) is 8.16. The van der Waals surface area contributed by atoms with Crippen LogP contribution in [0.5, 0.6) is 0 Å². The van der Waals surface area contributed by atoms with Crippen LogP contribution < -0.4 is 0 Å². The molecule has 0 spiro atoms. The van der Waals surface area contributed by atoms with Crippen LogP contribution in [-0.4, -0.2) is 45.7 Å². The van der Waals surface area contributed by atoms with Gasteiger partial charge in [-0.3, -0.25) is 19.3 Å². The van der Waals surface area contributed by atoms with Crippen molar-refractivity contribution < 1.29 is 23.9 Å². The molecule has 3 atom stereocenters. The maximum atomic E-state index is 12.6. The highest BCUT2D eigenvalue weighted by molar-refractivity contribution is 6.08. The number of amides is 2. The van der Waals surface area contributed by atoms with E-state index in [4.69, 9.17) is 4.74 Å². The lowest BCUT2D eigenvalue weighted by molar-refractivity contribution is -0.157. The molecular weight excluding hydrogens is 372 g/mol. The first-order valence-electron chi connectivity index (χ1n) is 10.0. The third kappa shape index (κ3) is 3.66. The van der Waals surface area contributed by atoms with Gasteiger partial charge in [0.2, 0.25) is 17.6 Å². The van der Waals surface area contributed by atoms with Gasteiger partial charge in [-0.1, -0.05) is 12.2 Å². The molecule has 2 aliphatic rings. The fourth-order valence-corrected chi connectivity index (χ4v) is 4.50. The normalized spacial score (nSPS) is 22.2. The van der Waals surface area contributed by atoms with Crippen molar-refractivity contribution in [2.24, 2.45) is 11.8 Å². The van der Waals surface area contributed by atoms with Crippen LogP contribution in [0.2, 0.25) is 0 Å². The number of rotatable bonds is 6. The van der Waals surface area contributed by atoms with Crippen LogP contribution in [-0.2, 0) is 19.1 Å². The number of aryl methyl sites for hydroxylation is 1. The molecule has 1 aromatic rings. The van der Waals surface area contributed by atoms with E-state index in [0.717, 1.165) is 16.3 Å². The topological polar surface area (TPSA) is 85.7 Å². The maximum absolute atomic E-state index is 12.6. The van der Waals surface area contributed by atoms with E-state index < -0.39 is 30.5 Å². The van der Waals surface area contributed by atoms with Gasteiger partial charge in [0.1, 0.15) is 6.04 Å². The lowest BCUT2D eigenvalue weighted by Gasteiger charge is -2.21. The van der Waals surface area contributed by atoms with E-state index in [1.807, 2.05) is 39.8 Å². The number of ether oxygens (including phenoxy) is 1. The Kier molecular flexibility index (Phi) is 5.78. The van der Waals surface area contributed by atoms with E-state index in [-0.39, 0.29) is 23.6 Å². The predicted molar refractivity (Wildman–Crippen MR) is 106 cm³/mol. The van der Waals surface area contributed by atoms with Crippen molar-refractivity contribution in [2.75, 3.05) is 6.61 Å². The molecule has 1 aliphatic heterocycles. The first-order valence-corrected chi connectivity index (χ1v) is 10.0. The maximum Gasteiger partial charge on any atom is 0.329 e. The molecule has 3 rings (SSSR count). The fourth-order valence-electron chi connectivity index (χ4n) is 4.50. The van der Waals surface area contributed by atoms with Crippen molar-refractivity contribution in [3.05, 3.63) is 35.2 Å². The van der Waals surface area contributed by atoms with Gasteiger partial charge in [-0.15, -0.1) is 0 Å². The molecule has 7 heteroatoms. The fraction of sp³-hybridized carbons (Fsp3) is 0.545. The number of hydrogen-bond acceptors (Lipinski definition) is 5. The summed E-state index contributed by atoms with van der Waals surface area (Å²) in [5.74, 6) is -2.51. The lowest BCUT2D eigenvalue weighted by atomic mass is 9.85. The molecule has 156 valence electrons. The minimum absolute atomic E-state index is 0.212. The van der Waals surface area contributed by atoms with Gasteiger partial charge in [0.15, 0.2) is 6.61 Å². The van der Waals surface area contributed by atoms with E-state index in [2.05, 4.69) is 4.57 Å². The third-order valence-corrected chi connectivity index (χ3v) is 5.92. The first kappa shape index (κ1) is 21.0. The zero-order chi connectivity index (χ0) is 21.5. The number of nitrogens with zero attached hydrogens (tertiary/aromatic N) is 2. The quantitative estimate of drug-likeness (QED) is 0.317. The third-order valence-electron chi connectivity index (χ3n) is 5.92. The Labute approximate surface area is 170 Å². The highest BCUT2D eigenvalue weighted by Gasteiger charge is 2.50. The smallest absolute Gasteiger partial charge is 0.329 e. The molecule has 7 nitrogen and oxygen atoms in total. The van der Waals surface area contributed by atoms with Gasteiger partial charge in [0, 0.05) is 23.0 Å². The molecule has 0 radical (unpaired) electrons. The number of allylic oxidation sites excluding steroid dienone is 2. The number of esters is 1. The second-order valence-corrected chi connectivity index (χ2v) is 8.16. The molecule has 1 aromatic heterocycles. The molecular formula is C22H28N2O5. The van der Waals surface area contributed by atoms with E-state index in [9.17, 15) is 19.2 Å². The van der Waals surface area contributed by atoms with Gasteiger partial charge >= 0.3 is 5.97 Å². The van der Waals surface area contributed by atoms with E-state index >= 15 is 0 Å². The van der Waals surface area contributed by atoms with Crippen LogP contribution in [0.4, 0.5) is 0 Å². The number of imide groups is 1. The van der Waals surface area contributed by atoms with E-state index in [1.54, 1.807) is 6.07 Å². The Balaban J connectivity index is 1.65. The van der Waals surface area contributed by atoms with Crippen LogP contribution in [0.3, 0.4) is 0 Å². The van der Waals surface area contributed by atoms with Crippen molar-refractivity contribution in [1.82, 2.24) is 9.47 Å². The van der Waals surface area contributed by atoms with Crippen LogP contribution in [0.15, 0.2) is 18.2 Å². The van der Waals surface area contributed by atoms with Crippen molar-refractivity contribution >= 4 is 23.6 Å². The number of aromatic nitrogens is 1. The number of fused-ring (bicyclic) bond motifs is 1. The number of Topliss-reactive ketones (excluding diaryl/α,β-unsaturated/α-hetero) is 1. The summed E-state index contributed by atoms with van der Waals surface area (Å²) in [5, 5.41) is 0. The van der Waals surface area contributed by atoms with Crippen LogP contribution in [0.1, 0.15) is 61.4 Å². The van der Waals surface area contributed by atoms with E-state index in [1.165, 1.54) is 6.92 Å². The summed E-state index contributed by atoms with van der Waals surface area (Å²) in [7, 11) is 0. The van der Waals surface area contributed by atoms with Gasteiger partial charge < -0.3 is 9.30 Å². The van der Waals surface area contributed by atoms with Gasteiger partial charge in [-0.05, 0) is 53.5 Å². The molecule has 1 aliphatic carbocycles. The van der Waals surface area contributed by atoms with Crippen molar-refractivity contribution in [1.29, 1.82) is 0 Å². The second kappa shape index (κ2) is 7.97. The molecule has 0 unspecified atom stereocenters. The van der Waals surface area contributed by atoms with Crippen LogP contribution in [0.25, 0.3) is 0 Å². The molecule has 2 amide bonds. The molecule has 0 bridgehead atoms. The first-order chi connectivity index (χ1) is 13.6. The summed E-state index contributed by atoms with van der Waals surface area (Å²) in [6.07, 6.45) is 4.81. The molecule has 1 fully saturated rings. The molecule has 0 N–H and O–H groups in total. The summed E-state index contributed by atoms with van der Waals surface area (Å²) >= 11 is 0. The SMILES string of the molecule is Cc1cc(C(=O)COC(=O)[C@H](C)N2C(=O)[C@H]3CC=CC[C@@H]3C2=O)c(C)n1C(C)C. The zero-order valence-electron chi connectivity index (χ0n) is 17.6. The van der Waals surface area contributed by atoms with Crippen molar-refractivity contribution in [2.45, 2.75) is 59.5 Å². The van der Waals surface area contributed by atoms with Gasteiger partial charge in [0.25, 0.3) is 0 Å². The summed E-state index contributed by atoms with van der Waals surface area (Å²) in [6, 6.07) is 0.959. The average Bonchev–Trinajstić information content (AvgIpc) is 3.12. The van der Waals surface area contributed by atoms with Gasteiger partial charge in [-0.25, -0.2) is 4.79 Å². The number of hydrogen-bond donors (Lipinski definition) is 0. The summed E-state index contributed by atoms with van der Waals surface area (Å²) in [5.41, 5.74) is 2.31. The Hall–Kier alpha value is -2.70. The molecule has 1 saturated heterocycles. The van der Waals surface area contributed by atoms with Crippen molar-refractivity contribution in [3.8, 4) is 0 Å². The van der Waals surface area contributed by atoms with Crippen molar-refractivity contribution in [3.63, 3.8) is 0 Å². The predicted octanol–water partition coefficient (Wildman–Crippen LogP) is 2.75. The van der Waals surface area contributed by atoms with E-state index in [0.29, 0.717) is 18.4 Å². The minimum Gasteiger partial charge on any atom is -0.456 e. The summed E-state index contributed by atoms with van der Waals surface area (Å²) in [6.45, 7) is 8.91. The standard InChI is InChI=1S/C22H28N2O5/c1-12(2)23-13(3)10-18(14(23)4)19(25)11-29-22(28)15(5)24-20(26)16-8-6-7-9-17(16)21(24)27/h6-7,10,12,15-17H,8-9,11H2,1-5H3/t15-,16-,17-/m0/s1. The van der Waals surface area contributed by atoms with Gasteiger partial charge in [0.05, 0.1) is 11.8 Å². The number of likely N-dealkylation sites (tertiary alicyclic amines) is 1. The number of carbonyl (C=O) groups excluding carboxylic acids is 4. The zero-order valence-corrected chi connectivity index (χ0v) is 17.6. The Morgan fingerprint density at radius 1 is 1.07 bits per heavy atom. The Morgan fingerprint density at radius 3 is 2.10 bits per heavy atom. The lowest BCUT2D eigenvalue weighted by Crippen LogP contribution is -2.44.